The topological polar surface area (TPSA) is 115 Å². The molecule has 1 aliphatic rings. The molecule has 2 heterocycles. The van der Waals surface area contributed by atoms with Gasteiger partial charge in [0.15, 0.2) is 5.84 Å². The van der Waals surface area contributed by atoms with Crippen molar-refractivity contribution in [1.29, 1.82) is 5.41 Å². The van der Waals surface area contributed by atoms with Crippen molar-refractivity contribution in [3.63, 3.8) is 0 Å². The van der Waals surface area contributed by atoms with E-state index in [1.165, 1.54) is 23.2 Å². The molecule has 0 radical (unpaired) electrons. The molecule has 8 nitrogen and oxygen atoms in total. The predicted octanol–water partition coefficient (Wildman–Crippen LogP) is 4.02. The minimum atomic E-state index is -0.726. The van der Waals surface area contributed by atoms with Crippen molar-refractivity contribution in [2.24, 2.45) is 5.84 Å². The second kappa shape index (κ2) is 10.3. The number of hydrogen-bond donors (Lipinski definition) is 3. The first-order chi connectivity index (χ1) is 15.1. The molecule has 4 N–H and O–H groups in total. The van der Waals surface area contributed by atoms with Crippen molar-refractivity contribution < 1.29 is 15.4 Å². The van der Waals surface area contributed by atoms with Gasteiger partial charge in [-0.25, -0.2) is 15.2 Å². The highest BCUT2D eigenvalue weighted by Crippen LogP contribution is 2.27. The standard InChI is InChI=1S/C21H25FN6O2.C2H6.H2/c1-11(2)27-10-13-8-16(22)15(9-14(13)21(27)30)20(29)26-18-7-5-6-17(25-18)19(23)28(24)12(3)4;1-2;/h5-9,11-12,23H,10,24H2,1-4H3,(H,25,26,29);1-2H3;1H. The normalized spacial score (nSPS) is 12.4. The molecule has 2 amide bonds. The average Bonchev–Trinajstić information content (AvgIpc) is 3.09. The molecular weight excluding hydrogens is 411 g/mol. The molecule has 1 aromatic carbocycles. The van der Waals surface area contributed by atoms with Gasteiger partial charge < -0.3 is 10.2 Å². The summed E-state index contributed by atoms with van der Waals surface area (Å²) < 4.78 is 14.6. The number of fused-ring (bicyclic) bond motifs is 1. The summed E-state index contributed by atoms with van der Waals surface area (Å²) in [7, 11) is 0. The van der Waals surface area contributed by atoms with Crippen molar-refractivity contribution in [2.45, 2.75) is 60.2 Å². The Labute approximate surface area is 189 Å². The molecule has 0 unspecified atom stereocenters. The number of pyridine rings is 1. The van der Waals surface area contributed by atoms with Gasteiger partial charge in [-0.05, 0) is 57.5 Å². The second-order valence-corrected chi connectivity index (χ2v) is 7.73. The monoisotopic (exact) mass is 444 g/mol. The summed E-state index contributed by atoms with van der Waals surface area (Å²) >= 11 is 0. The molecule has 0 fully saturated rings. The summed E-state index contributed by atoms with van der Waals surface area (Å²) in [6.45, 7) is 11.7. The number of hydrazine groups is 1. The molecule has 2 aromatic rings. The second-order valence-electron chi connectivity index (χ2n) is 7.73. The van der Waals surface area contributed by atoms with E-state index in [-0.39, 0.29) is 42.3 Å². The Balaban J connectivity index is 0.00000177. The molecule has 32 heavy (non-hydrogen) atoms. The Morgan fingerprint density at radius 3 is 2.53 bits per heavy atom. The van der Waals surface area contributed by atoms with Gasteiger partial charge >= 0.3 is 0 Å². The number of hydrogen-bond acceptors (Lipinski definition) is 5. The van der Waals surface area contributed by atoms with E-state index in [4.69, 9.17) is 11.3 Å². The van der Waals surface area contributed by atoms with Crippen LogP contribution in [0.1, 0.15) is 74.9 Å². The molecule has 1 aliphatic heterocycles. The number of nitrogens with one attached hydrogen (secondary N) is 2. The quantitative estimate of drug-likeness (QED) is 0.279. The van der Waals surface area contributed by atoms with Crippen LogP contribution in [-0.2, 0) is 6.54 Å². The van der Waals surface area contributed by atoms with Gasteiger partial charge in [-0.15, -0.1) is 0 Å². The fourth-order valence-corrected chi connectivity index (χ4v) is 3.16. The van der Waals surface area contributed by atoms with Gasteiger partial charge in [0.2, 0.25) is 0 Å². The van der Waals surface area contributed by atoms with E-state index < -0.39 is 11.7 Å². The lowest BCUT2D eigenvalue weighted by atomic mass is 10.0. The number of anilines is 1. The summed E-state index contributed by atoms with van der Waals surface area (Å²) in [5, 5.41) is 11.9. The van der Waals surface area contributed by atoms with Crippen LogP contribution < -0.4 is 11.2 Å². The summed E-state index contributed by atoms with van der Waals surface area (Å²) in [5.41, 5.74) is 0.918. The highest BCUT2D eigenvalue weighted by molar-refractivity contribution is 6.07. The van der Waals surface area contributed by atoms with Crippen LogP contribution >= 0.6 is 0 Å². The molecule has 0 atom stereocenters. The van der Waals surface area contributed by atoms with E-state index >= 15 is 0 Å². The number of amides is 2. The third-order valence-corrected chi connectivity index (χ3v) is 4.94. The van der Waals surface area contributed by atoms with Gasteiger partial charge in [0.25, 0.3) is 11.8 Å². The number of carbonyl (C=O) groups is 2. The summed E-state index contributed by atoms with van der Waals surface area (Å²) in [5.74, 6) is 4.33. The third-order valence-electron chi connectivity index (χ3n) is 4.94. The maximum absolute atomic E-state index is 14.6. The van der Waals surface area contributed by atoms with Gasteiger partial charge in [0, 0.05) is 25.6 Å². The molecular formula is C23H33FN6O2. The molecule has 1 aromatic heterocycles. The lowest BCUT2D eigenvalue weighted by molar-refractivity contribution is 0.0730. The number of rotatable bonds is 5. The Hall–Kier alpha value is -3.33. The van der Waals surface area contributed by atoms with Crippen molar-refractivity contribution in [2.75, 3.05) is 5.32 Å². The van der Waals surface area contributed by atoms with Crippen LogP contribution in [-0.4, -0.2) is 44.6 Å². The third kappa shape index (κ3) is 5.11. The maximum Gasteiger partial charge on any atom is 0.259 e. The molecule has 0 aliphatic carbocycles. The summed E-state index contributed by atoms with van der Waals surface area (Å²) in [6.07, 6.45) is 0. The first-order valence-corrected chi connectivity index (χ1v) is 10.6. The fraction of sp³-hybridized carbons (Fsp3) is 0.391. The van der Waals surface area contributed by atoms with Gasteiger partial charge in [-0.3, -0.25) is 20.0 Å². The van der Waals surface area contributed by atoms with Crippen LogP contribution in [0.3, 0.4) is 0 Å². The van der Waals surface area contributed by atoms with Crippen molar-refractivity contribution in [1.82, 2.24) is 14.9 Å². The Morgan fingerprint density at radius 1 is 1.28 bits per heavy atom. The highest BCUT2D eigenvalue weighted by Gasteiger charge is 2.31. The molecule has 0 bridgehead atoms. The largest absolute Gasteiger partial charge is 0.332 e. The van der Waals surface area contributed by atoms with Crippen LogP contribution in [0, 0.1) is 11.2 Å². The van der Waals surface area contributed by atoms with Gasteiger partial charge in [-0.2, -0.15) is 0 Å². The van der Waals surface area contributed by atoms with Crippen LogP contribution in [0.4, 0.5) is 10.2 Å². The Morgan fingerprint density at radius 2 is 1.94 bits per heavy atom. The van der Waals surface area contributed by atoms with Crippen LogP contribution in [0.5, 0.6) is 0 Å². The zero-order valence-corrected chi connectivity index (χ0v) is 19.4. The SMILES string of the molecule is CC.CC(C)N(N)C(=N)c1cccc(NC(=O)c2cc3c(cc2F)CN(C(C)C)C3=O)n1.[HH]. The highest BCUT2D eigenvalue weighted by atomic mass is 19.1. The molecule has 3 rings (SSSR count). The predicted molar refractivity (Wildman–Crippen MR) is 125 cm³/mol. The molecule has 174 valence electrons. The van der Waals surface area contributed by atoms with Gasteiger partial charge in [-0.1, -0.05) is 19.9 Å². The molecule has 9 heteroatoms. The van der Waals surface area contributed by atoms with E-state index in [0.717, 1.165) is 0 Å². The molecule has 0 spiro atoms. The minimum Gasteiger partial charge on any atom is -0.332 e. The van der Waals surface area contributed by atoms with Gasteiger partial charge in [0.05, 0.1) is 5.56 Å². The minimum absolute atomic E-state index is 0. The number of amidine groups is 1. The van der Waals surface area contributed by atoms with Crippen LogP contribution in [0.15, 0.2) is 30.3 Å². The number of benzene rings is 1. The van der Waals surface area contributed by atoms with E-state index in [2.05, 4.69) is 10.3 Å². The lowest BCUT2D eigenvalue weighted by Gasteiger charge is -2.23. The Kier molecular flexibility index (Phi) is 8.04. The van der Waals surface area contributed by atoms with E-state index in [1.807, 2.05) is 41.5 Å². The van der Waals surface area contributed by atoms with Crippen LogP contribution in [0.2, 0.25) is 0 Å². The maximum atomic E-state index is 14.6. The van der Waals surface area contributed by atoms with Crippen molar-refractivity contribution >= 4 is 23.5 Å². The summed E-state index contributed by atoms with van der Waals surface area (Å²) in [4.78, 5) is 31.1. The fourth-order valence-electron chi connectivity index (χ4n) is 3.16. The smallest absolute Gasteiger partial charge is 0.259 e. The first kappa shape index (κ1) is 24.9. The lowest BCUT2D eigenvalue weighted by Crippen LogP contribution is -2.43. The van der Waals surface area contributed by atoms with Crippen LogP contribution in [0.25, 0.3) is 0 Å². The van der Waals surface area contributed by atoms with E-state index in [0.29, 0.717) is 17.7 Å². The number of aromatic nitrogens is 1. The number of nitrogens with two attached hydrogens (primary N) is 1. The van der Waals surface area contributed by atoms with Crippen molar-refractivity contribution in [3.8, 4) is 0 Å². The number of halogens is 1. The molecule has 0 saturated carbocycles. The summed E-state index contributed by atoms with van der Waals surface area (Å²) in [6, 6.07) is 7.12. The van der Waals surface area contributed by atoms with Crippen molar-refractivity contribution in [3.05, 3.63) is 58.5 Å². The first-order valence-electron chi connectivity index (χ1n) is 10.6. The number of nitrogens with zero attached hydrogens (tertiary/aromatic N) is 3. The van der Waals surface area contributed by atoms with Gasteiger partial charge in [0.1, 0.15) is 17.3 Å². The zero-order valence-electron chi connectivity index (χ0n) is 19.4. The van der Waals surface area contributed by atoms with E-state index in [1.54, 1.807) is 17.0 Å². The number of carbonyl (C=O) groups excluding carboxylic acids is 2. The zero-order chi connectivity index (χ0) is 24.2. The average molecular weight is 445 g/mol. The van der Waals surface area contributed by atoms with E-state index in [9.17, 15) is 14.0 Å². The molecule has 0 saturated heterocycles. The Bertz CT molecular complexity index is 1030.